The highest BCUT2D eigenvalue weighted by Gasteiger charge is 2.34. The molecule has 1 aromatic heterocycles. The number of H-pyrrole nitrogens is 1. The summed E-state index contributed by atoms with van der Waals surface area (Å²) in [5.41, 5.74) is 2.40. The van der Waals surface area contributed by atoms with Crippen molar-refractivity contribution in [2.45, 2.75) is 50.2 Å². The van der Waals surface area contributed by atoms with Gasteiger partial charge < -0.3 is 14.4 Å². The van der Waals surface area contributed by atoms with Crippen LogP contribution in [0.2, 0.25) is 0 Å². The van der Waals surface area contributed by atoms with Crippen molar-refractivity contribution in [3.63, 3.8) is 0 Å². The van der Waals surface area contributed by atoms with Crippen LogP contribution in [0.4, 0.5) is 4.79 Å². The van der Waals surface area contributed by atoms with Crippen LogP contribution in [0.3, 0.4) is 0 Å². The molecule has 2 N–H and O–H groups in total. The number of ether oxygens (including phenoxy) is 2. The van der Waals surface area contributed by atoms with Crippen LogP contribution in [0.5, 0.6) is 0 Å². The number of carbonyl (C=O) groups excluding carboxylic acids is 1. The largest absolute Gasteiger partial charge is 0.453 e. The summed E-state index contributed by atoms with van der Waals surface area (Å²) in [5, 5.41) is 8.23. The maximum Gasteiger partial charge on any atom is 0.409 e. The summed E-state index contributed by atoms with van der Waals surface area (Å²) in [6.45, 7) is 1.29. The SMILES string of the molecule is COC(=O)N1CC[C@H](NS(C)(=O)=O)[C@H](COC2CCC(c3ccc4[nH]ncc4c3)CC2)C1. The van der Waals surface area contributed by atoms with Gasteiger partial charge in [-0.3, -0.25) is 5.10 Å². The summed E-state index contributed by atoms with van der Waals surface area (Å²) in [4.78, 5) is 13.6. The molecule has 32 heavy (non-hydrogen) atoms. The predicted octanol–water partition coefficient (Wildman–Crippen LogP) is 2.61. The molecule has 0 unspecified atom stereocenters. The molecule has 2 fully saturated rings. The topological polar surface area (TPSA) is 114 Å². The lowest BCUT2D eigenvalue weighted by Crippen LogP contribution is -2.53. The van der Waals surface area contributed by atoms with Crippen LogP contribution in [0, 0.1) is 5.92 Å². The first-order chi connectivity index (χ1) is 15.3. The molecule has 0 radical (unpaired) electrons. The fourth-order valence-corrected chi connectivity index (χ4v) is 5.82. The van der Waals surface area contributed by atoms with Gasteiger partial charge in [0, 0.05) is 30.4 Å². The smallest absolute Gasteiger partial charge is 0.409 e. The first kappa shape index (κ1) is 23.0. The Morgan fingerprint density at radius 1 is 1.25 bits per heavy atom. The lowest BCUT2D eigenvalue weighted by atomic mass is 9.82. The van der Waals surface area contributed by atoms with Gasteiger partial charge in [0.15, 0.2) is 0 Å². The van der Waals surface area contributed by atoms with E-state index in [1.54, 1.807) is 4.90 Å². The van der Waals surface area contributed by atoms with Gasteiger partial charge >= 0.3 is 6.09 Å². The lowest BCUT2D eigenvalue weighted by Gasteiger charge is -2.38. The van der Waals surface area contributed by atoms with E-state index in [1.165, 1.54) is 18.9 Å². The zero-order valence-electron chi connectivity index (χ0n) is 18.6. The van der Waals surface area contributed by atoms with E-state index in [0.29, 0.717) is 32.0 Å². The van der Waals surface area contributed by atoms with Gasteiger partial charge in [-0.25, -0.2) is 17.9 Å². The number of benzene rings is 1. The first-order valence-corrected chi connectivity index (χ1v) is 13.1. The average Bonchev–Trinajstić information content (AvgIpc) is 3.25. The third kappa shape index (κ3) is 5.60. The summed E-state index contributed by atoms with van der Waals surface area (Å²) in [7, 11) is -1.98. The second-order valence-corrected chi connectivity index (χ2v) is 10.8. The van der Waals surface area contributed by atoms with Gasteiger partial charge in [0.05, 0.1) is 37.8 Å². The Labute approximate surface area is 188 Å². The predicted molar refractivity (Wildman–Crippen MR) is 121 cm³/mol. The first-order valence-electron chi connectivity index (χ1n) is 11.2. The quantitative estimate of drug-likeness (QED) is 0.679. The monoisotopic (exact) mass is 464 g/mol. The van der Waals surface area contributed by atoms with Crippen molar-refractivity contribution >= 4 is 27.0 Å². The molecule has 10 heteroatoms. The number of amides is 1. The molecular formula is C22H32N4O5S. The lowest BCUT2D eigenvalue weighted by molar-refractivity contribution is -0.0158. The highest BCUT2D eigenvalue weighted by Crippen LogP contribution is 2.35. The van der Waals surface area contributed by atoms with Gasteiger partial charge in [-0.05, 0) is 55.7 Å². The zero-order valence-corrected chi connectivity index (χ0v) is 19.4. The number of fused-ring (bicyclic) bond motifs is 1. The number of carbonyl (C=O) groups is 1. The molecular weight excluding hydrogens is 432 g/mol. The van der Waals surface area contributed by atoms with Crippen molar-refractivity contribution in [2.75, 3.05) is 33.1 Å². The highest BCUT2D eigenvalue weighted by atomic mass is 32.2. The van der Waals surface area contributed by atoms with Gasteiger partial charge in [-0.15, -0.1) is 0 Å². The molecule has 1 aromatic carbocycles. The van der Waals surface area contributed by atoms with Crippen molar-refractivity contribution in [3.8, 4) is 0 Å². The highest BCUT2D eigenvalue weighted by molar-refractivity contribution is 7.88. The molecule has 0 bridgehead atoms. The molecule has 0 spiro atoms. The molecule has 1 amide bonds. The molecule has 9 nitrogen and oxygen atoms in total. The minimum Gasteiger partial charge on any atom is -0.453 e. The molecule has 4 rings (SSSR count). The third-order valence-corrected chi connectivity index (χ3v) is 7.42. The minimum atomic E-state index is -3.34. The van der Waals surface area contributed by atoms with Crippen LogP contribution in [-0.4, -0.2) is 74.8 Å². The normalized spacial score (nSPS) is 26.9. The van der Waals surface area contributed by atoms with Gasteiger partial charge in [-0.2, -0.15) is 5.10 Å². The van der Waals surface area contributed by atoms with E-state index in [2.05, 4.69) is 33.1 Å². The van der Waals surface area contributed by atoms with Crippen molar-refractivity contribution in [2.24, 2.45) is 5.92 Å². The minimum absolute atomic E-state index is 0.112. The van der Waals surface area contributed by atoms with Gasteiger partial charge in [0.1, 0.15) is 0 Å². The summed E-state index contributed by atoms with van der Waals surface area (Å²) >= 11 is 0. The Kier molecular flexibility index (Phi) is 7.02. The summed E-state index contributed by atoms with van der Waals surface area (Å²) in [6.07, 6.45) is 7.36. The van der Waals surface area contributed by atoms with E-state index in [-0.39, 0.29) is 24.2 Å². The molecule has 2 atom stereocenters. The van der Waals surface area contributed by atoms with Crippen LogP contribution >= 0.6 is 0 Å². The molecule has 2 aliphatic rings. The standard InChI is InChI=1S/C22H32N4O5S/c1-30-22(27)26-10-9-21(25-32(2,28)29)18(13-26)14-31-19-6-3-15(4-7-19)16-5-8-20-17(11-16)12-23-24-20/h5,8,11-12,15,18-19,21,25H,3-4,6-7,9-10,13-14H2,1-2H3,(H,23,24)/t15?,18-,19?,21-/m0/s1. The van der Waals surface area contributed by atoms with Gasteiger partial charge in [0.25, 0.3) is 0 Å². The fourth-order valence-electron chi connectivity index (χ4n) is 4.96. The van der Waals surface area contributed by atoms with E-state index >= 15 is 0 Å². The Morgan fingerprint density at radius 2 is 2.03 bits per heavy atom. The van der Waals surface area contributed by atoms with Crippen molar-refractivity contribution < 1.29 is 22.7 Å². The van der Waals surface area contributed by atoms with Crippen LogP contribution in [0.15, 0.2) is 24.4 Å². The number of piperidine rings is 1. The molecule has 1 aliphatic heterocycles. The number of sulfonamides is 1. The zero-order chi connectivity index (χ0) is 22.7. The summed E-state index contributed by atoms with van der Waals surface area (Å²) in [6, 6.07) is 6.24. The van der Waals surface area contributed by atoms with E-state index < -0.39 is 10.0 Å². The molecule has 1 aliphatic carbocycles. The second kappa shape index (κ2) is 9.76. The number of nitrogens with zero attached hydrogens (tertiary/aromatic N) is 2. The Hall–Kier alpha value is -2.17. The number of rotatable bonds is 6. The number of nitrogens with one attached hydrogen (secondary N) is 2. The van der Waals surface area contributed by atoms with E-state index in [0.717, 1.165) is 36.6 Å². The van der Waals surface area contributed by atoms with Gasteiger partial charge in [-0.1, -0.05) is 6.07 Å². The van der Waals surface area contributed by atoms with E-state index in [4.69, 9.17) is 9.47 Å². The summed E-state index contributed by atoms with van der Waals surface area (Å²) in [5.74, 6) is 0.400. The number of aromatic amines is 1. The van der Waals surface area contributed by atoms with Crippen LogP contribution in [0.25, 0.3) is 10.9 Å². The van der Waals surface area contributed by atoms with Crippen LogP contribution in [-0.2, 0) is 19.5 Å². The molecule has 176 valence electrons. The number of methoxy groups -OCH3 is 1. The maximum absolute atomic E-state index is 12.0. The summed E-state index contributed by atoms with van der Waals surface area (Å²) < 4.78 is 37.4. The van der Waals surface area contributed by atoms with Crippen LogP contribution in [0.1, 0.15) is 43.6 Å². The van der Waals surface area contributed by atoms with E-state index in [9.17, 15) is 13.2 Å². The Balaban J connectivity index is 1.32. The molecule has 2 heterocycles. The third-order valence-electron chi connectivity index (χ3n) is 6.69. The number of likely N-dealkylation sites (tertiary alicyclic amines) is 1. The Bertz CT molecular complexity index is 1030. The molecule has 1 saturated heterocycles. The van der Waals surface area contributed by atoms with Crippen LogP contribution < -0.4 is 4.72 Å². The average molecular weight is 465 g/mol. The van der Waals surface area contributed by atoms with Gasteiger partial charge in [0.2, 0.25) is 10.0 Å². The maximum atomic E-state index is 12.0. The molecule has 1 saturated carbocycles. The number of aromatic nitrogens is 2. The van der Waals surface area contributed by atoms with E-state index in [1.807, 2.05) is 6.20 Å². The second-order valence-electron chi connectivity index (χ2n) is 8.98. The fraction of sp³-hybridized carbons (Fsp3) is 0.636. The Morgan fingerprint density at radius 3 is 2.75 bits per heavy atom. The number of hydrogen-bond acceptors (Lipinski definition) is 6. The van der Waals surface area contributed by atoms with Crippen molar-refractivity contribution in [3.05, 3.63) is 30.0 Å². The van der Waals surface area contributed by atoms with Crippen molar-refractivity contribution in [1.29, 1.82) is 0 Å². The number of hydrogen-bond donors (Lipinski definition) is 2. The van der Waals surface area contributed by atoms with Crippen molar-refractivity contribution in [1.82, 2.24) is 19.8 Å². The molecule has 2 aromatic rings.